The number of carboxylic acids is 1. The molecule has 0 spiro atoms. The number of carbonyl (C=O) groups excluding carboxylic acids is 1. The fourth-order valence-corrected chi connectivity index (χ4v) is 1.15. The number of hydrogen-bond donors (Lipinski definition) is 2. The largest absolute Gasteiger partial charge is 0.478 e. The van der Waals surface area contributed by atoms with E-state index in [2.05, 4.69) is 16.9 Å². The fraction of sp³-hybridized carbons (Fsp3) is 0.182. The van der Waals surface area contributed by atoms with Crippen molar-refractivity contribution < 1.29 is 19.4 Å². The van der Waals surface area contributed by atoms with Crippen LogP contribution in [0, 0.1) is 6.92 Å². The Balaban J connectivity index is 2.85. The van der Waals surface area contributed by atoms with Gasteiger partial charge in [-0.15, -0.1) is 0 Å². The number of hydrogen-bond acceptors (Lipinski definition) is 4. The van der Waals surface area contributed by atoms with E-state index in [0.717, 1.165) is 0 Å². The standard InChI is InChI=1S/C11H12N2O4/c1-3-4-17-11(16)13-9-6-12-5-8(7(9)2)10(14)15/h3,5-6H,1,4H2,2H3,(H,13,16)(H,14,15). The number of nitrogens with one attached hydrogen (secondary N) is 1. The molecule has 1 aromatic heterocycles. The SMILES string of the molecule is C=CCOC(=O)Nc1cncc(C(=O)O)c1C. The molecule has 0 aliphatic heterocycles. The van der Waals surface area contributed by atoms with E-state index in [0.29, 0.717) is 11.3 Å². The maximum Gasteiger partial charge on any atom is 0.411 e. The van der Waals surface area contributed by atoms with Gasteiger partial charge in [0.1, 0.15) is 6.61 Å². The highest BCUT2D eigenvalue weighted by atomic mass is 16.5. The van der Waals surface area contributed by atoms with Crippen molar-refractivity contribution >= 4 is 17.7 Å². The highest BCUT2D eigenvalue weighted by molar-refractivity contribution is 5.93. The van der Waals surface area contributed by atoms with E-state index in [1.54, 1.807) is 6.92 Å². The van der Waals surface area contributed by atoms with Gasteiger partial charge in [0.15, 0.2) is 0 Å². The van der Waals surface area contributed by atoms with Crippen LogP contribution in [0.5, 0.6) is 0 Å². The van der Waals surface area contributed by atoms with Gasteiger partial charge in [-0.25, -0.2) is 9.59 Å². The Bertz CT molecular complexity index is 457. The molecular weight excluding hydrogens is 224 g/mol. The molecular formula is C11H12N2O4. The summed E-state index contributed by atoms with van der Waals surface area (Å²) in [5, 5.41) is 11.3. The molecule has 90 valence electrons. The van der Waals surface area contributed by atoms with Crippen molar-refractivity contribution in [1.82, 2.24) is 4.98 Å². The van der Waals surface area contributed by atoms with Crippen LogP contribution in [0.15, 0.2) is 25.0 Å². The molecule has 0 aliphatic carbocycles. The van der Waals surface area contributed by atoms with Crippen molar-refractivity contribution in [3.8, 4) is 0 Å². The van der Waals surface area contributed by atoms with E-state index in [1.165, 1.54) is 18.5 Å². The molecule has 1 heterocycles. The van der Waals surface area contributed by atoms with Crippen molar-refractivity contribution in [2.45, 2.75) is 6.92 Å². The van der Waals surface area contributed by atoms with Crippen molar-refractivity contribution in [3.63, 3.8) is 0 Å². The van der Waals surface area contributed by atoms with Crippen LogP contribution in [0.4, 0.5) is 10.5 Å². The number of amides is 1. The topological polar surface area (TPSA) is 88.5 Å². The van der Waals surface area contributed by atoms with Crippen LogP contribution in [0.1, 0.15) is 15.9 Å². The Labute approximate surface area is 97.9 Å². The normalized spacial score (nSPS) is 9.47. The molecule has 0 saturated carbocycles. The number of carboxylic acid groups (broad SMARTS) is 1. The van der Waals surface area contributed by atoms with Gasteiger partial charge in [0.05, 0.1) is 17.4 Å². The monoisotopic (exact) mass is 236 g/mol. The highest BCUT2D eigenvalue weighted by Gasteiger charge is 2.12. The van der Waals surface area contributed by atoms with Crippen molar-refractivity contribution in [2.75, 3.05) is 11.9 Å². The average Bonchev–Trinajstić information content (AvgIpc) is 2.28. The minimum absolute atomic E-state index is 0.0338. The molecule has 0 aromatic carbocycles. The molecule has 2 N–H and O–H groups in total. The first-order valence-corrected chi connectivity index (χ1v) is 4.78. The molecule has 17 heavy (non-hydrogen) atoms. The maximum absolute atomic E-state index is 11.2. The number of rotatable bonds is 4. The van der Waals surface area contributed by atoms with Crippen LogP contribution in [0.2, 0.25) is 0 Å². The zero-order valence-corrected chi connectivity index (χ0v) is 9.27. The lowest BCUT2D eigenvalue weighted by Gasteiger charge is -2.09. The molecule has 0 aliphatic rings. The van der Waals surface area contributed by atoms with E-state index in [4.69, 9.17) is 9.84 Å². The summed E-state index contributed by atoms with van der Waals surface area (Å²) in [6.07, 6.45) is 3.32. The van der Waals surface area contributed by atoms with Crippen LogP contribution in [-0.2, 0) is 4.74 Å². The summed E-state index contributed by atoms with van der Waals surface area (Å²) < 4.78 is 4.71. The first-order chi connectivity index (χ1) is 8.06. The van der Waals surface area contributed by atoms with Gasteiger partial charge in [0, 0.05) is 6.20 Å². The van der Waals surface area contributed by atoms with Gasteiger partial charge in [-0.3, -0.25) is 10.3 Å². The first-order valence-electron chi connectivity index (χ1n) is 4.78. The van der Waals surface area contributed by atoms with Gasteiger partial charge in [-0.2, -0.15) is 0 Å². The Morgan fingerprint density at radius 3 is 2.88 bits per heavy atom. The highest BCUT2D eigenvalue weighted by Crippen LogP contribution is 2.17. The van der Waals surface area contributed by atoms with Crippen molar-refractivity contribution in [1.29, 1.82) is 0 Å². The second kappa shape index (κ2) is 5.64. The van der Waals surface area contributed by atoms with Crippen LogP contribution >= 0.6 is 0 Å². The smallest absolute Gasteiger partial charge is 0.411 e. The van der Waals surface area contributed by atoms with Gasteiger partial charge in [-0.05, 0) is 12.5 Å². The van der Waals surface area contributed by atoms with Gasteiger partial charge in [0.2, 0.25) is 0 Å². The quantitative estimate of drug-likeness (QED) is 0.778. The van der Waals surface area contributed by atoms with Crippen molar-refractivity contribution in [2.24, 2.45) is 0 Å². The lowest BCUT2D eigenvalue weighted by atomic mass is 10.1. The molecule has 0 radical (unpaired) electrons. The second-order valence-corrected chi connectivity index (χ2v) is 3.18. The number of anilines is 1. The second-order valence-electron chi connectivity index (χ2n) is 3.18. The Morgan fingerprint density at radius 2 is 2.29 bits per heavy atom. The molecule has 0 saturated heterocycles. The number of aromatic nitrogens is 1. The lowest BCUT2D eigenvalue weighted by Crippen LogP contribution is -2.15. The summed E-state index contributed by atoms with van der Waals surface area (Å²) in [7, 11) is 0. The predicted octanol–water partition coefficient (Wildman–Crippen LogP) is 1.82. The number of aromatic carboxylic acids is 1. The molecule has 6 nitrogen and oxygen atoms in total. The molecule has 0 unspecified atom stereocenters. The maximum atomic E-state index is 11.2. The van der Waals surface area contributed by atoms with Gasteiger partial charge < -0.3 is 9.84 Å². The molecule has 0 fully saturated rings. The predicted molar refractivity (Wildman–Crippen MR) is 61.1 cm³/mol. The summed E-state index contributed by atoms with van der Waals surface area (Å²) in [5.74, 6) is -1.10. The third kappa shape index (κ3) is 3.30. The van der Waals surface area contributed by atoms with Crippen LogP contribution in [0.25, 0.3) is 0 Å². The average molecular weight is 236 g/mol. The third-order valence-electron chi connectivity index (χ3n) is 2.01. The van der Waals surface area contributed by atoms with E-state index in [-0.39, 0.29) is 12.2 Å². The zero-order chi connectivity index (χ0) is 12.8. The molecule has 1 rings (SSSR count). The van der Waals surface area contributed by atoms with Gasteiger partial charge in [-0.1, -0.05) is 12.7 Å². The summed E-state index contributed by atoms with van der Waals surface area (Å²) in [6.45, 7) is 5.06. The molecule has 1 aromatic rings. The van der Waals surface area contributed by atoms with Crippen LogP contribution < -0.4 is 5.32 Å². The van der Waals surface area contributed by atoms with Crippen LogP contribution in [-0.4, -0.2) is 28.8 Å². The summed E-state index contributed by atoms with van der Waals surface area (Å²) >= 11 is 0. The summed E-state index contributed by atoms with van der Waals surface area (Å²) in [6, 6.07) is 0. The van der Waals surface area contributed by atoms with Crippen LogP contribution in [0.3, 0.4) is 0 Å². The Morgan fingerprint density at radius 1 is 1.59 bits per heavy atom. The third-order valence-corrected chi connectivity index (χ3v) is 2.01. The minimum atomic E-state index is -1.10. The Kier molecular flexibility index (Phi) is 4.21. The molecule has 1 amide bonds. The molecule has 0 atom stereocenters. The summed E-state index contributed by atoms with van der Waals surface area (Å²) in [5.41, 5.74) is 0.758. The van der Waals surface area contributed by atoms with Crippen molar-refractivity contribution in [3.05, 3.63) is 36.2 Å². The zero-order valence-electron chi connectivity index (χ0n) is 9.27. The van der Waals surface area contributed by atoms with E-state index >= 15 is 0 Å². The summed E-state index contributed by atoms with van der Waals surface area (Å²) in [4.78, 5) is 25.8. The number of ether oxygens (including phenoxy) is 1. The lowest BCUT2D eigenvalue weighted by molar-refractivity contribution is 0.0695. The minimum Gasteiger partial charge on any atom is -0.478 e. The van der Waals surface area contributed by atoms with E-state index < -0.39 is 12.1 Å². The first kappa shape index (κ1) is 12.7. The van der Waals surface area contributed by atoms with Gasteiger partial charge in [0.25, 0.3) is 0 Å². The molecule has 0 bridgehead atoms. The number of carbonyl (C=O) groups is 2. The van der Waals surface area contributed by atoms with Gasteiger partial charge >= 0.3 is 12.1 Å². The molecule has 6 heteroatoms. The van der Waals surface area contributed by atoms with E-state index in [9.17, 15) is 9.59 Å². The van der Waals surface area contributed by atoms with E-state index in [1.807, 2.05) is 0 Å². The number of pyridine rings is 1. The fourth-order valence-electron chi connectivity index (χ4n) is 1.15. The Hall–Kier alpha value is -2.37. The number of nitrogens with zero attached hydrogens (tertiary/aromatic N) is 1.